The van der Waals surface area contributed by atoms with Crippen LogP contribution in [0.4, 0.5) is 0 Å². The highest BCUT2D eigenvalue weighted by molar-refractivity contribution is 5.82. The number of nitrogens with one attached hydrogen (secondary N) is 2. The van der Waals surface area contributed by atoms with Gasteiger partial charge in [-0.05, 0) is 42.4 Å². The highest BCUT2D eigenvalue weighted by atomic mass is 16.4. The highest BCUT2D eigenvalue weighted by Gasteiger charge is 2.26. The molecule has 1 aromatic carbocycles. The van der Waals surface area contributed by atoms with Crippen LogP contribution in [-0.2, 0) is 16.0 Å². The fourth-order valence-corrected chi connectivity index (χ4v) is 3.64. The predicted molar refractivity (Wildman–Crippen MR) is 105 cm³/mol. The summed E-state index contributed by atoms with van der Waals surface area (Å²) in [6.45, 7) is 0. The molecule has 2 aromatic rings. The van der Waals surface area contributed by atoms with Crippen LogP contribution in [0.25, 0.3) is 5.57 Å². The maximum atomic E-state index is 12.5. The molecular weight excluding hydrogens is 356 g/mol. The van der Waals surface area contributed by atoms with Crippen LogP contribution < -0.4 is 10.9 Å². The molecule has 6 nitrogen and oxygen atoms in total. The number of carboxylic acid groups (broad SMARTS) is 1. The van der Waals surface area contributed by atoms with Crippen molar-refractivity contribution in [3.8, 4) is 0 Å². The Bertz CT molecular complexity index is 1000. The van der Waals surface area contributed by atoms with E-state index in [-0.39, 0.29) is 23.9 Å². The van der Waals surface area contributed by atoms with E-state index in [4.69, 9.17) is 5.11 Å². The molecule has 0 bridgehead atoms. The molecule has 1 aliphatic heterocycles. The zero-order valence-electron chi connectivity index (χ0n) is 15.4. The standard InChI is InChI=1S/C22H22N2O4/c25-20-10-7-16(23-20)12-18(15-3-1-13(2-4-15)11-21(26)27)19-9-8-17(14-5-6-14)22(28)24-19/h1-4,8-9,12,14,16H,5-7,10-11H2,(H,23,25)(H,24,28)(H,26,27)/b18-12+/t16-/m1/s1. The van der Waals surface area contributed by atoms with E-state index in [0.717, 1.165) is 29.5 Å². The second kappa shape index (κ2) is 7.46. The molecule has 2 heterocycles. The van der Waals surface area contributed by atoms with Gasteiger partial charge in [0.15, 0.2) is 0 Å². The summed E-state index contributed by atoms with van der Waals surface area (Å²) >= 11 is 0. The molecule has 0 radical (unpaired) electrons. The van der Waals surface area contributed by atoms with Crippen LogP contribution in [0.15, 0.2) is 47.3 Å². The quantitative estimate of drug-likeness (QED) is 0.719. The van der Waals surface area contributed by atoms with Gasteiger partial charge in [-0.2, -0.15) is 0 Å². The summed E-state index contributed by atoms with van der Waals surface area (Å²) in [6, 6.07) is 11.0. The van der Waals surface area contributed by atoms with Crippen molar-refractivity contribution in [1.29, 1.82) is 0 Å². The van der Waals surface area contributed by atoms with E-state index < -0.39 is 5.97 Å². The lowest BCUT2D eigenvalue weighted by Gasteiger charge is -2.13. The smallest absolute Gasteiger partial charge is 0.307 e. The Kier molecular flexibility index (Phi) is 4.86. The van der Waals surface area contributed by atoms with Crippen molar-refractivity contribution < 1.29 is 14.7 Å². The lowest BCUT2D eigenvalue weighted by molar-refractivity contribution is -0.136. The molecule has 28 heavy (non-hydrogen) atoms. The van der Waals surface area contributed by atoms with Crippen LogP contribution in [0.5, 0.6) is 0 Å². The number of aliphatic carboxylic acids is 1. The summed E-state index contributed by atoms with van der Waals surface area (Å²) in [7, 11) is 0. The summed E-state index contributed by atoms with van der Waals surface area (Å²) < 4.78 is 0. The first-order chi connectivity index (χ1) is 13.5. The number of aromatic amines is 1. The Morgan fingerprint density at radius 2 is 1.82 bits per heavy atom. The summed E-state index contributed by atoms with van der Waals surface area (Å²) in [5, 5.41) is 11.9. The van der Waals surface area contributed by atoms with Crippen LogP contribution in [0.3, 0.4) is 0 Å². The SMILES string of the molecule is O=C(O)Cc1ccc(/C(=C\[C@H]2CCC(=O)N2)c2ccc(C3CC3)c(=O)[nH]2)cc1. The van der Waals surface area contributed by atoms with Crippen molar-refractivity contribution >= 4 is 17.4 Å². The van der Waals surface area contributed by atoms with Gasteiger partial charge in [-0.1, -0.05) is 36.4 Å². The van der Waals surface area contributed by atoms with Gasteiger partial charge in [0.2, 0.25) is 5.91 Å². The highest BCUT2D eigenvalue weighted by Crippen LogP contribution is 2.38. The summed E-state index contributed by atoms with van der Waals surface area (Å²) in [5.41, 5.74) is 3.86. The summed E-state index contributed by atoms with van der Waals surface area (Å²) in [6.07, 6.45) is 5.26. The first-order valence-corrected chi connectivity index (χ1v) is 9.55. The van der Waals surface area contributed by atoms with Gasteiger partial charge >= 0.3 is 5.97 Å². The fourth-order valence-electron chi connectivity index (χ4n) is 3.64. The Morgan fingerprint density at radius 1 is 1.07 bits per heavy atom. The predicted octanol–water partition coefficient (Wildman–Crippen LogP) is 2.59. The Hall–Kier alpha value is -3.15. The molecule has 0 spiro atoms. The maximum absolute atomic E-state index is 12.5. The molecule has 1 saturated heterocycles. The normalized spacial score (nSPS) is 19.5. The minimum Gasteiger partial charge on any atom is -0.481 e. The van der Waals surface area contributed by atoms with Crippen LogP contribution in [0.1, 0.15) is 54.0 Å². The average Bonchev–Trinajstić information content (AvgIpc) is 3.41. The second-order valence-corrected chi connectivity index (χ2v) is 7.49. The average molecular weight is 378 g/mol. The van der Waals surface area contributed by atoms with E-state index >= 15 is 0 Å². The number of amides is 1. The molecular formula is C22H22N2O4. The molecule has 2 fully saturated rings. The van der Waals surface area contributed by atoms with E-state index in [1.165, 1.54) is 0 Å². The fraction of sp³-hybridized carbons (Fsp3) is 0.318. The minimum atomic E-state index is -0.878. The molecule has 6 heteroatoms. The van der Waals surface area contributed by atoms with E-state index in [1.54, 1.807) is 12.1 Å². The summed E-state index contributed by atoms with van der Waals surface area (Å²) in [5.74, 6) is -0.484. The van der Waals surface area contributed by atoms with Crippen molar-refractivity contribution in [3.05, 3.63) is 75.2 Å². The number of H-pyrrole nitrogens is 1. The molecule has 3 N–H and O–H groups in total. The number of carbonyl (C=O) groups is 2. The molecule has 2 aliphatic rings. The van der Waals surface area contributed by atoms with Crippen molar-refractivity contribution in [2.75, 3.05) is 0 Å². The second-order valence-electron chi connectivity index (χ2n) is 7.49. The van der Waals surface area contributed by atoms with Crippen molar-refractivity contribution in [3.63, 3.8) is 0 Å². The van der Waals surface area contributed by atoms with Gasteiger partial charge in [-0.25, -0.2) is 0 Å². The molecule has 1 amide bonds. The van der Waals surface area contributed by atoms with E-state index in [2.05, 4.69) is 10.3 Å². The number of benzene rings is 1. The van der Waals surface area contributed by atoms with Crippen LogP contribution in [0, 0.1) is 0 Å². The topological polar surface area (TPSA) is 99.3 Å². The summed E-state index contributed by atoms with van der Waals surface area (Å²) in [4.78, 5) is 38.0. The number of carbonyl (C=O) groups excluding carboxylic acids is 1. The zero-order chi connectivity index (χ0) is 19.7. The van der Waals surface area contributed by atoms with Crippen molar-refractivity contribution in [2.24, 2.45) is 0 Å². The van der Waals surface area contributed by atoms with Crippen LogP contribution >= 0.6 is 0 Å². The number of pyridine rings is 1. The van der Waals surface area contributed by atoms with Crippen LogP contribution in [-0.4, -0.2) is 28.0 Å². The van der Waals surface area contributed by atoms with Gasteiger partial charge in [-0.15, -0.1) is 0 Å². The van der Waals surface area contributed by atoms with E-state index in [1.807, 2.05) is 30.3 Å². The van der Waals surface area contributed by atoms with Gasteiger partial charge in [-0.3, -0.25) is 14.4 Å². The third kappa shape index (κ3) is 4.06. The molecule has 1 aliphatic carbocycles. The lowest BCUT2D eigenvalue weighted by atomic mass is 9.97. The zero-order valence-corrected chi connectivity index (χ0v) is 15.4. The Labute approximate surface area is 162 Å². The van der Waals surface area contributed by atoms with Crippen molar-refractivity contribution in [1.82, 2.24) is 10.3 Å². The van der Waals surface area contributed by atoms with E-state index in [0.29, 0.717) is 30.0 Å². The minimum absolute atomic E-state index is 0.0231. The Balaban J connectivity index is 1.70. The molecule has 144 valence electrons. The monoisotopic (exact) mass is 378 g/mol. The first kappa shape index (κ1) is 18.2. The van der Waals surface area contributed by atoms with Gasteiger partial charge in [0.25, 0.3) is 5.56 Å². The largest absolute Gasteiger partial charge is 0.481 e. The van der Waals surface area contributed by atoms with Crippen molar-refractivity contribution in [2.45, 2.75) is 44.1 Å². The number of rotatable bonds is 6. The molecule has 4 rings (SSSR count). The number of carboxylic acids is 1. The molecule has 1 atom stereocenters. The lowest BCUT2D eigenvalue weighted by Crippen LogP contribution is -2.23. The maximum Gasteiger partial charge on any atom is 0.307 e. The van der Waals surface area contributed by atoms with E-state index in [9.17, 15) is 14.4 Å². The number of hydrogen-bond donors (Lipinski definition) is 3. The van der Waals surface area contributed by atoms with Gasteiger partial charge in [0, 0.05) is 29.3 Å². The molecule has 1 aromatic heterocycles. The van der Waals surface area contributed by atoms with Gasteiger partial charge in [0.1, 0.15) is 0 Å². The van der Waals surface area contributed by atoms with Gasteiger partial charge in [0.05, 0.1) is 6.42 Å². The van der Waals surface area contributed by atoms with Gasteiger partial charge < -0.3 is 15.4 Å². The third-order valence-electron chi connectivity index (χ3n) is 5.26. The first-order valence-electron chi connectivity index (χ1n) is 9.55. The number of aromatic nitrogens is 1. The number of hydrogen-bond acceptors (Lipinski definition) is 3. The third-order valence-corrected chi connectivity index (χ3v) is 5.26. The molecule has 1 saturated carbocycles. The molecule has 0 unspecified atom stereocenters. The van der Waals surface area contributed by atoms with Crippen LogP contribution in [0.2, 0.25) is 0 Å². The Morgan fingerprint density at radius 3 is 2.39 bits per heavy atom.